The Morgan fingerprint density at radius 3 is 2.50 bits per heavy atom. The van der Waals surface area contributed by atoms with Gasteiger partial charge >= 0.3 is 12.1 Å². The van der Waals surface area contributed by atoms with Crippen molar-refractivity contribution in [1.29, 1.82) is 0 Å². The first-order valence-corrected chi connectivity index (χ1v) is 17.3. The van der Waals surface area contributed by atoms with Crippen LogP contribution in [0.25, 0.3) is 0 Å². The van der Waals surface area contributed by atoms with Crippen LogP contribution in [0.1, 0.15) is 93.9 Å². The summed E-state index contributed by atoms with van der Waals surface area (Å²) >= 11 is 0. The second kappa shape index (κ2) is 17.5. The van der Waals surface area contributed by atoms with E-state index < -0.39 is 12.1 Å². The number of anilines is 2. The summed E-state index contributed by atoms with van der Waals surface area (Å²) in [4.78, 5) is 43.6. The number of rotatable bonds is 7. The van der Waals surface area contributed by atoms with Crippen LogP contribution in [-0.2, 0) is 4.74 Å². The highest BCUT2D eigenvalue weighted by Crippen LogP contribution is 2.29. The van der Waals surface area contributed by atoms with Gasteiger partial charge in [0.1, 0.15) is 17.1 Å². The third kappa shape index (κ3) is 10.1. The van der Waals surface area contributed by atoms with Gasteiger partial charge in [0.2, 0.25) is 0 Å². The molecule has 2 heterocycles. The Labute approximate surface area is 284 Å². The molecule has 5 amide bonds. The maximum absolute atomic E-state index is 14.4. The summed E-state index contributed by atoms with van der Waals surface area (Å²) < 4.78 is 17.9. The summed E-state index contributed by atoms with van der Waals surface area (Å²) in [7, 11) is 1.70. The molecule has 4 rings (SSSR count). The van der Waals surface area contributed by atoms with Crippen LogP contribution in [0.2, 0.25) is 0 Å². The van der Waals surface area contributed by atoms with Gasteiger partial charge < -0.3 is 44.9 Å². The molecule has 0 unspecified atom stereocenters. The maximum Gasteiger partial charge on any atom is 0.321 e. The minimum absolute atomic E-state index is 0.139. The minimum Gasteiger partial charge on any atom is -0.490 e. The number of aromatic nitrogens is 1. The number of amides is 5. The van der Waals surface area contributed by atoms with Gasteiger partial charge in [-0.1, -0.05) is 31.3 Å². The normalized spacial score (nSPS) is 22.1. The Bertz CT molecular complexity index is 1360. The molecule has 13 nitrogen and oxygen atoms in total. The molecule has 13 heteroatoms. The molecular formula is C35H54N6O7. The van der Waals surface area contributed by atoms with Crippen molar-refractivity contribution < 1.29 is 33.5 Å². The smallest absolute Gasteiger partial charge is 0.321 e. The van der Waals surface area contributed by atoms with E-state index in [1.807, 2.05) is 13.8 Å². The quantitative estimate of drug-likeness (QED) is 0.292. The van der Waals surface area contributed by atoms with Gasteiger partial charge in [0.05, 0.1) is 30.4 Å². The number of carbonyl (C=O) groups excluding carboxylic acids is 3. The number of urea groups is 2. The summed E-state index contributed by atoms with van der Waals surface area (Å²) in [6, 6.07) is 4.11. The van der Waals surface area contributed by atoms with Crippen molar-refractivity contribution in [1.82, 2.24) is 20.3 Å². The van der Waals surface area contributed by atoms with Crippen LogP contribution in [0, 0.1) is 19.8 Å². The molecule has 0 bridgehead atoms. The molecule has 2 aliphatic rings. The van der Waals surface area contributed by atoms with E-state index in [1.165, 1.54) is 6.42 Å². The van der Waals surface area contributed by atoms with Crippen LogP contribution < -0.4 is 20.7 Å². The largest absolute Gasteiger partial charge is 0.490 e. The number of aliphatic hydroxyl groups is 1. The van der Waals surface area contributed by atoms with Crippen molar-refractivity contribution >= 4 is 29.3 Å². The highest BCUT2D eigenvalue weighted by atomic mass is 16.5. The van der Waals surface area contributed by atoms with Gasteiger partial charge in [-0.2, -0.15) is 0 Å². The number of hydrogen-bond donors (Lipinski definition) is 4. The van der Waals surface area contributed by atoms with Crippen LogP contribution >= 0.6 is 0 Å². The predicted molar refractivity (Wildman–Crippen MR) is 184 cm³/mol. The summed E-state index contributed by atoms with van der Waals surface area (Å²) in [5.74, 6) is 0.396. The Morgan fingerprint density at radius 2 is 1.81 bits per heavy atom. The number of nitrogens with zero attached hydrogens (tertiary/aromatic N) is 3. The molecule has 4 atom stereocenters. The van der Waals surface area contributed by atoms with Crippen molar-refractivity contribution in [2.75, 3.05) is 44.0 Å². The van der Waals surface area contributed by atoms with Crippen LogP contribution in [0.3, 0.4) is 0 Å². The Kier molecular flexibility index (Phi) is 13.5. The number of hydrogen-bond acceptors (Lipinski definition) is 8. The fourth-order valence-corrected chi connectivity index (χ4v) is 6.28. The van der Waals surface area contributed by atoms with Crippen LogP contribution in [0.5, 0.6) is 5.75 Å². The first-order valence-electron chi connectivity index (χ1n) is 17.3. The second-order valence-electron chi connectivity index (χ2n) is 13.5. The standard InChI is InChI=1S/C35H54N6O7/c1-22-19-41(23(2)21-42)33(43)29-18-28(37-34(44)36-27-13-8-7-9-14-27)15-16-30(29)47-24(3)12-10-11-17-46-31(22)20-40(6)35(45)38-32-25(4)39-48-26(32)5/h15-16,18,22-24,27,31,42H,7-14,17,19-21H2,1-6H3,(H,38,45)(H2,36,37,44)/t22-,23-,24-,31-/m0/s1. The lowest BCUT2D eigenvalue weighted by Gasteiger charge is -2.35. The number of aliphatic hydroxyl groups excluding tert-OH is 1. The fourth-order valence-electron chi connectivity index (χ4n) is 6.28. The number of nitrogens with one attached hydrogen (secondary N) is 3. The average molecular weight is 671 g/mol. The summed E-state index contributed by atoms with van der Waals surface area (Å²) in [6.45, 7) is 9.99. The van der Waals surface area contributed by atoms with E-state index >= 15 is 0 Å². The molecule has 1 saturated carbocycles. The van der Waals surface area contributed by atoms with Crippen molar-refractivity contribution in [3.8, 4) is 5.75 Å². The second-order valence-corrected chi connectivity index (χ2v) is 13.5. The van der Waals surface area contributed by atoms with E-state index in [0.29, 0.717) is 40.7 Å². The van der Waals surface area contributed by atoms with Gasteiger partial charge in [-0.25, -0.2) is 9.59 Å². The zero-order valence-corrected chi connectivity index (χ0v) is 29.3. The highest BCUT2D eigenvalue weighted by molar-refractivity contribution is 5.99. The molecule has 1 aromatic heterocycles. The highest BCUT2D eigenvalue weighted by Gasteiger charge is 2.31. The van der Waals surface area contributed by atoms with Gasteiger partial charge in [-0.15, -0.1) is 0 Å². The SMILES string of the molecule is Cc1noc(C)c1NC(=O)N(C)C[C@@H]1OCCCC[C@H](C)Oc2ccc(NC(=O)NC3CCCCC3)cc2C(=O)N([C@@H](C)CO)C[C@@H]1C. The topological polar surface area (TPSA) is 158 Å². The number of aryl methyl sites for hydroxylation is 2. The average Bonchev–Trinajstić information content (AvgIpc) is 3.38. The number of benzene rings is 1. The predicted octanol–water partition coefficient (Wildman–Crippen LogP) is 5.71. The molecular weight excluding hydrogens is 616 g/mol. The molecule has 0 saturated heterocycles. The molecule has 1 aliphatic heterocycles. The lowest BCUT2D eigenvalue weighted by Crippen LogP contribution is -2.48. The van der Waals surface area contributed by atoms with Gasteiger partial charge in [0, 0.05) is 44.4 Å². The minimum atomic E-state index is -0.523. The monoisotopic (exact) mass is 670 g/mol. The van der Waals surface area contributed by atoms with E-state index in [9.17, 15) is 19.5 Å². The van der Waals surface area contributed by atoms with E-state index in [4.69, 9.17) is 14.0 Å². The molecule has 0 spiro atoms. The van der Waals surface area contributed by atoms with Gasteiger partial charge in [0.25, 0.3) is 5.91 Å². The number of likely N-dealkylation sites (N-methyl/N-ethyl adjacent to an activating group) is 1. The summed E-state index contributed by atoms with van der Waals surface area (Å²) in [5.41, 5.74) is 1.90. The molecule has 48 heavy (non-hydrogen) atoms. The molecule has 2 aromatic rings. The summed E-state index contributed by atoms with van der Waals surface area (Å²) in [5, 5.41) is 23.0. The van der Waals surface area contributed by atoms with E-state index in [2.05, 4.69) is 21.1 Å². The first-order chi connectivity index (χ1) is 23.0. The third-order valence-electron chi connectivity index (χ3n) is 9.32. The van der Waals surface area contributed by atoms with Crippen molar-refractivity contribution in [3.63, 3.8) is 0 Å². The van der Waals surface area contributed by atoms with Crippen LogP contribution in [0.4, 0.5) is 21.0 Å². The molecule has 1 aliphatic carbocycles. The van der Waals surface area contributed by atoms with Gasteiger partial charge in [-0.3, -0.25) is 4.79 Å². The van der Waals surface area contributed by atoms with Gasteiger partial charge in [-0.05, 0) is 78.0 Å². The zero-order chi connectivity index (χ0) is 34.8. The molecule has 266 valence electrons. The third-order valence-corrected chi connectivity index (χ3v) is 9.32. The molecule has 1 aromatic carbocycles. The number of carbonyl (C=O) groups is 3. The Morgan fingerprint density at radius 1 is 1.08 bits per heavy atom. The van der Waals surface area contributed by atoms with E-state index in [1.54, 1.807) is 55.8 Å². The van der Waals surface area contributed by atoms with Gasteiger partial charge in [0.15, 0.2) is 5.76 Å². The lowest BCUT2D eigenvalue weighted by molar-refractivity contribution is -0.0115. The van der Waals surface area contributed by atoms with E-state index in [0.717, 1.165) is 44.9 Å². The molecule has 1 fully saturated rings. The summed E-state index contributed by atoms with van der Waals surface area (Å²) in [6.07, 6.45) is 7.12. The zero-order valence-electron chi connectivity index (χ0n) is 29.3. The van der Waals surface area contributed by atoms with Crippen molar-refractivity contribution in [2.24, 2.45) is 5.92 Å². The Balaban J connectivity index is 1.56. The van der Waals surface area contributed by atoms with Crippen LogP contribution in [-0.4, -0.2) is 95.7 Å². The van der Waals surface area contributed by atoms with Crippen molar-refractivity contribution in [2.45, 2.75) is 110 Å². The maximum atomic E-state index is 14.4. The molecule has 4 N–H and O–H groups in total. The first kappa shape index (κ1) is 37.0. The molecule has 0 radical (unpaired) electrons. The van der Waals surface area contributed by atoms with E-state index in [-0.39, 0.29) is 55.7 Å². The van der Waals surface area contributed by atoms with Crippen molar-refractivity contribution in [3.05, 3.63) is 35.2 Å². The lowest BCUT2D eigenvalue weighted by atomic mass is 9.96. The Hall–Kier alpha value is -3.84. The fraction of sp³-hybridized carbons (Fsp3) is 0.657. The van der Waals surface area contributed by atoms with Crippen LogP contribution in [0.15, 0.2) is 22.7 Å². The number of ether oxygens (including phenoxy) is 2. The number of fused-ring (bicyclic) bond motifs is 1.